The highest BCUT2D eigenvalue weighted by molar-refractivity contribution is 4.89. The van der Waals surface area contributed by atoms with Crippen molar-refractivity contribution in [2.75, 3.05) is 19.8 Å². The maximum absolute atomic E-state index is 5.97. The number of rotatable bonds is 3. The van der Waals surface area contributed by atoms with Crippen LogP contribution in [0.4, 0.5) is 0 Å². The molecule has 0 bridgehead atoms. The molecule has 2 fully saturated rings. The molecule has 88 valence electrons. The average molecular weight is 212 g/mol. The van der Waals surface area contributed by atoms with Crippen molar-refractivity contribution in [2.45, 2.75) is 50.6 Å². The summed E-state index contributed by atoms with van der Waals surface area (Å²) in [6, 6.07) is 0.240. The fourth-order valence-corrected chi connectivity index (χ4v) is 2.71. The first-order valence-electron chi connectivity index (χ1n) is 6.28. The molecule has 0 radical (unpaired) electrons. The van der Waals surface area contributed by atoms with Crippen LogP contribution in [0.3, 0.4) is 0 Å². The van der Waals surface area contributed by atoms with Gasteiger partial charge in [0.2, 0.25) is 0 Å². The van der Waals surface area contributed by atoms with Crippen LogP contribution in [0.1, 0.15) is 39.0 Å². The van der Waals surface area contributed by atoms with Crippen molar-refractivity contribution < 1.29 is 4.74 Å². The van der Waals surface area contributed by atoms with Gasteiger partial charge in [0.15, 0.2) is 0 Å². The van der Waals surface area contributed by atoms with Crippen molar-refractivity contribution >= 4 is 0 Å². The predicted molar refractivity (Wildman–Crippen MR) is 61.8 cm³/mol. The molecule has 1 saturated carbocycles. The Balaban J connectivity index is 1.76. The van der Waals surface area contributed by atoms with Crippen LogP contribution in [0.5, 0.6) is 0 Å². The molecule has 1 aliphatic heterocycles. The minimum atomic E-state index is 0.240. The third-order valence-corrected chi connectivity index (χ3v) is 4.00. The third kappa shape index (κ3) is 2.92. The van der Waals surface area contributed by atoms with Crippen molar-refractivity contribution in [3.8, 4) is 0 Å². The van der Waals surface area contributed by atoms with Crippen LogP contribution in [0.15, 0.2) is 0 Å². The van der Waals surface area contributed by atoms with Crippen LogP contribution in [0, 0.1) is 5.92 Å². The first-order valence-corrected chi connectivity index (χ1v) is 6.28. The highest BCUT2D eigenvalue weighted by Crippen LogP contribution is 2.27. The number of nitrogens with one attached hydrogen (secondary N) is 1. The Morgan fingerprint density at radius 1 is 1.27 bits per heavy atom. The van der Waals surface area contributed by atoms with E-state index in [2.05, 4.69) is 12.2 Å². The Kier molecular flexibility index (Phi) is 3.65. The SMILES string of the molecule is CC1(NCC2COCC2N)CCCCC1. The zero-order valence-corrected chi connectivity index (χ0v) is 9.80. The van der Waals surface area contributed by atoms with E-state index in [4.69, 9.17) is 10.5 Å². The van der Waals surface area contributed by atoms with Crippen molar-refractivity contribution in [1.29, 1.82) is 0 Å². The highest BCUT2D eigenvalue weighted by Gasteiger charge is 2.30. The summed E-state index contributed by atoms with van der Waals surface area (Å²) < 4.78 is 5.38. The summed E-state index contributed by atoms with van der Waals surface area (Å²) in [5.41, 5.74) is 6.33. The van der Waals surface area contributed by atoms with Gasteiger partial charge in [-0.1, -0.05) is 19.3 Å². The molecule has 2 aliphatic rings. The van der Waals surface area contributed by atoms with Gasteiger partial charge in [0.1, 0.15) is 0 Å². The lowest BCUT2D eigenvalue weighted by atomic mass is 9.83. The van der Waals surface area contributed by atoms with Crippen LogP contribution >= 0.6 is 0 Å². The Morgan fingerprint density at radius 3 is 2.60 bits per heavy atom. The number of hydrogen-bond acceptors (Lipinski definition) is 3. The van der Waals surface area contributed by atoms with E-state index in [-0.39, 0.29) is 6.04 Å². The van der Waals surface area contributed by atoms with Crippen molar-refractivity contribution in [2.24, 2.45) is 11.7 Å². The predicted octanol–water partition coefficient (Wildman–Crippen LogP) is 1.27. The normalized spacial score (nSPS) is 35.6. The van der Waals surface area contributed by atoms with E-state index < -0.39 is 0 Å². The fourth-order valence-electron chi connectivity index (χ4n) is 2.71. The zero-order chi connectivity index (χ0) is 10.7. The summed E-state index contributed by atoms with van der Waals surface area (Å²) in [5.74, 6) is 0.517. The Morgan fingerprint density at radius 2 is 2.00 bits per heavy atom. The molecule has 0 spiro atoms. The Labute approximate surface area is 92.7 Å². The average Bonchev–Trinajstić information content (AvgIpc) is 2.62. The fraction of sp³-hybridized carbons (Fsp3) is 1.00. The Hall–Kier alpha value is -0.120. The number of hydrogen-bond donors (Lipinski definition) is 2. The molecule has 0 amide bonds. The smallest absolute Gasteiger partial charge is 0.0621 e. The highest BCUT2D eigenvalue weighted by atomic mass is 16.5. The summed E-state index contributed by atoms with van der Waals surface area (Å²) in [6.07, 6.45) is 6.78. The molecule has 1 aliphatic carbocycles. The van der Waals surface area contributed by atoms with E-state index in [1.165, 1.54) is 32.1 Å². The van der Waals surface area contributed by atoms with Gasteiger partial charge in [0.25, 0.3) is 0 Å². The van der Waals surface area contributed by atoms with E-state index in [9.17, 15) is 0 Å². The summed E-state index contributed by atoms with van der Waals surface area (Å²) in [5, 5.41) is 3.71. The van der Waals surface area contributed by atoms with E-state index in [0.717, 1.165) is 19.8 Å². The minimum absolute atomic E-state index is 0.240. The zero-order valence-electron chi connectivity index (χ0n) is 9.80. The van der Waals surface area contributed by atoms with Crippen LogP contribution in [-0.2, 0) is 4.74 Å². The molecule has 15 heavy (non-hydrogen) atoms. The molecule has 0 aromatic heterocycles. The second-order valence-electron chi connectivity index (χ2n) is 5.46. The van der Waals surface area contributed by atoms with E-state index >= 15 is 0 Å². The van der Waals surface area contributed by atoms with Crippen LogP contribution in [0.25, 0.3) is 0 Å². The van der Waals surface area contributed by atoms with Gasteiger partial charge in [-0.15, -0.1) is 0 Å². The van der Waals surface area contributed by atoms with Crippen LogP contribution in [-0.4, -0.2) is 31.3 Å². The Bertz CT molecular complexity index is 202. The molecule has 3 heteroatoms. The second kappa shape index (κ2) is 4.81. The molecular formula is C12H24N2O. The molecule has 2 rings (SSSR count). The van der Waals surface area contributed by atoms with E-state index in [1.54, 1.807) is 0 Å². The lowest BCUT2D eigenvalue weighted by Gasteiger charge is -2.36. The third-order valence-electron chi connectivity index (χ3n) is 4.00. The van der Waals surface area contributed by atoms with Crippen LogP contribution < -0.4 is 11.1 Å². The maximum Gasteiger partial charge on any atom is 0.0621 e. The van der Waals surface area contributed by atoms with Gasteiger partial charge >= 0.3 is 0 Å². The van der Waals surface area contributed by atoms with E-state index in [1.807, 2.05) is 0 Å². The molecule has 2 atom stereocenters. The first kappa shape index (κ1) is 11.4. The lowest BCUT2D eigenvalue weighted by molar-refractivity contribution is 0.178. The molecule has 1 saturated heterocycles. The van der Waals surface area contributed by atoms with Gasteiger partial charge in [0.05, 0.1) is 13.2 Å². The maximum atomic E-state index is 5.97. The van der Waals surface area contributed by atoms with Gasteiger partial charge in [-0.25, -0.2) is 0 Å². The first-order chi connectivity index (χ1) is 7.20. The summed E-state index contributed by atoms with van der Waals surface area (Å²) >= 11 is 0. The van der Waals surface area contributed by atoms with Crippen molar-refractivity contribution in [3.05, 3.63) is 0 Å². The summed E-state index contributed by atoms with van der Waals surface area (Å²) in [6.45, 7) is 4.96. The molecule has 0 aromatic rings. The molecular weight excluding hydrogens is 188 g/mol. The van der Waals surface area contributed by atoms with Gasteiger partial charge in [-0.2, -0.15) is 0 Å². The minimum Gasteiger partial charge on any atom is -0.379 e. The molecule has 0 aromatic carbocycles. The van der Waals surface area contributed by atoms with Gasteiger partial charge in [0, 0.05) is 24.0 Å². The topological polar surface area (TPSA) is 47.3 Å². The van der Waals surface area contributed by atoms with Gasteiger partial charge < -0.3 is 15.8 Å². The molecule has 3 N–H and O–H groups in total. The summed E-state index contributed by atoms with van der Waals surface area (Å²) in [4.78, 5) is 0. The van der Waals surface area contributed by atoms with Crippen molar-refractivity contribution in [1.82, 2.24) is 5.32 Å². The summed E-state index contributed by atoms with van der Waals surface area (Å²) in [7, 11) is 0. The van der Waals surface area contributed by atoms with Gasteiger partial charge in [-0.05, 0) is 19.8 Å². The van der Waals surface area contributed by atoms with Gasteiger partial charge in [-0.3, -0.25) is 0 Å². The van der Waals surface area contributed by atoms with E-state index in [0.29, 0.717) is 11.5 Å². The largest absolute Gasteiger partial charge is 0.379 e. The number of nitrogens with two attached hydrogens (primary N) is 1. The molecule has 1 heterocycles. The second-order valence-corrected chi connectivity index (χ2v) is 5.46. The lowest BCUT2D eigenvalue weighted by Crippen LogP contribution is -2.48. The number of ether oxygens (including phenoxy) is 1. The molecule has 2 unspecified atom stereocenters. The monoisotopic (exact) mass is 212 g/mol. The van der Waals surface area contributed by atoms with Crippen LogP contribution in [0.2, 0.25) is 0 Å². The quantitative estimate of drug-likeness (QED) is 0.740. The molecule has 3 nitrogen and oxygen atoms in total. The van der Waals surface area contributed by atoms with Crippen molar-refractivity contribution in [3.63, 3.8) is 0 Å². The standard InChI is InChI=1S/C12H24N2O/c1-12(5-3-2-4-6-12)14-7-10-8-15-9-11(10)13/h10-11,14H,2-9,13H2,1H3.